The van der Waals surface area contributed by atoms with E-state index in [-0.39, 0.29) is 5.69 Å². The van der Waals surface area contributed by atoms with Gasteiger partial charge in [0.1, 0.15) is 18.1 Å². The highest BCUT2D eigenvalue weighted by Crippen LogP contribution is 2.29. The molecule has 29 heavy (non-hydrogen) atoms. The fraction of sp³-hybridized carbons (Fsp3) is 0.0952. The molecule has 150 valence electrons. The Labute approximate surface area is 168 Å². The molecule has 3 aromatic rings. The minimum absolute atomic E-state index is 0.192. The number of carbonyl (C=O) groups is 1. The molecule has 3 rings (SSSR count). The molecule has 1 N–H and O–H groups in total. The summed E-state index contributed by atoms with van der Waals surface area (Å²) in [4.78, 5) is 12.6. The number of sulfonamides is 1. The lowest BCUT2D eigenvalue weighted by Gasteiger charge is -2.22. The number of hydrogen-bond donors (Lipinski definition) is 1. The van der Waals surface area contributed by atoms with E-state index in [1.54, 1.807) is 36.4 Å². The van der Waals surface area contributed by atoms with E-state index in [9.17, 15) is 17.6 Å². The van der Waals surface area contributed by atoms with E-state index in [0.717, 1.165) is 22.7 Å². The Morgan fingerprint density at radius 2 is 1.59 bits per heavy atom. The minimum atomic E-state index is -3.76. The maximum absolute atomic E-state index is 13.2. The number of nitrogens with zero attached hydrogens (tertiary/aromatic N) is 1. The van der Waals surface area contributed by atoms with Gasteiger partial charge in [-0.3, -0.25) is 9.10 Å². The molecular formula is C21H19FN2O4S. The zero-order valence-electron chi connectivity index (χ0n) is 15.6. The summed E-state index contributed by atoms with van der Waals surface area (Å²) < 4.78 is 44.1. The third kappa shape index (κ3) is 5.55. The molecule has 0 aliphatic heterocycles. The number of rotatable bonds is 7. The van der Waals surface area contributed by atoms with Crippen molar-refractivity contribution in [3.05, 3.63) is 84.7 Å². The van der Waals surface area contributed by atoms with Gasteiger partial charge in [-0.1, -0.05) is 30.3 Å². The summed E-state index contributed by atoms with van der Waals surface area (Å²) >= 11 is 0. The first kappa shape index (κ1) is 20.3. The van der Waals surface area contributed by atoms with Crippen LogP contribution in [0.5, 0.6) is 11.5 Å². The van der Waals surface area contributed by atoms with E-state index < -0.39 is 28.3 Å². The molecule has 0 bridgehead atoms. The van der Waals surface area contributed by atoms with Crippen molar-refractivity contribution in [2.24, 2.45) is 0 Å². The van der Waals surface area contributed by atoms with Crippen molar-refractivity contribution in [2.75, 3.05) is 22.4 Å². The molecule has 6 nitrogen and oxygen atoms in total. The number of anilines is 2. The second kappa shape index (κ2) is 8.74. The van der Waals surface area contributed by atoms with Gasteiger partial charge < -0.3 is 10.1 Å². The minimum Gasteiger partial charge on any atom is -0.455 e. The van der Waals surface area contributed by atoms with Crippen molar-refractivity contribution in [3.63, 3.8) is 0 Å². The normalized spacial score (nSPS) is 11.0. The molecule has 0 spiro atoms. The van der Waals surface area contributed by atoms with Crippen molar-refractivity contribution in [3.8, 4) is 11.5 Å². The molecule has 0 unspecified atom stereocenters. The van der Waals surface area contributed by atoms with Crippen molar-refractivity contribution < 1.29 is 22.3 Å². The van der Waals surface area contributed by atoms with Crippen LogP contribution < -0.4 is 14.4 Å². The summed E-state index contributed by atoms with van der Waals surface area (Å²) in [6.07, 6.45) is 0.982. The molecule has 0 radical (unpaired) electrons. The Morgan fingerprint density at radius 1 is 0.966 bits per heavy atom. The van der Waals surface area contributed by atoms with E-state index in [0.29, 0.717) is 17.2 Å². The lowest BCUT2D eigenvalue weighted by molar-refractivity contribution is -0.114. The Kier molecular flexibility index (Phi) is 6.13. The van der Waals surface area contributed by atoms with Gasteiger partial charge in [0, 0.05) is 0 Å². The highest BCUT2D eigenvalue weighted by atomic mass is 32.2. The van der Waals surface area contributed by atoms with Crippen LogP contribution in [0.25, 0.3) is 0 Å². The van der Waals surface area contributed by atoms with Gasteiger partial charge in [0.25, 0.3) is 0 Å². The van der Waals surface area contributed by atoms with Crippen LogP contribution >= 0.6 is 0 Å². The summed E-state index contributed by atoms with van der Waals surface area (Å²) in [6, 6.07) is 20.8. The Hall–Kier alpha value is -3.39. The van der Waals surface area contributed by atoms with Crippen LogP contribution in [-0.4, -0.2) is 27.1 Å². The van der Waals surface area contributed by atoms with E-state index in [1.165, 1.54) is 12.1 Å². The van der Waals surface area contributed by atoms with E-state index in [1.807, 2.05) is 18.2 Å². The fourth-order valence-electron chi connectivity index (χ4n) is 2.60. The molecule has 1 amide bonds. The first-order valence-electron chi connectivity index (χ1n) is 8.68. The fourth-order valence-corrected chi connectivity index (χ4v) is 3.46. The lowest BCUT2D eigenvalue weighted by atomic mass is 10.2. The van der Waals surface area contributed by atoms with Crippen LogP contribution in [0.2, 0.25) is 0 Å². The Morgan fingerprint density at radius 3 is 2.24 bits per heavy atom. The molecular weight excluding hydrogens is 395 g/mol. The number of nitrogens with one attached hydrogen (secondary N) is 1. The Balaban J connectivity index is 1.78. The average molecular weight is 414 g/mol. The van der Waals surface area contributed by atoms with Crippen LogP contribution in [0.1, 0.15) is 0 Å². The number of benzene rings is 3. The third-order valence-electron chi connectivity index (χ3n) is 3.93. The molecule has 0 aliphatic rings. The van der Waals surface area contributed by atoms with Gasteiger partial charge in [-0.25, -0.2) is 12.8 Å². The molecule has 8 heteroatoms. The van der Waals surface area contributed by atoms with E-state index in [4.69, 9.17) is 4.74 Å². The monoisotopic (exact) mass is 414 g/mol. The van der Waals surface area contributed by atoms with Gasteiger partial charge in [0.05, 0.1) is 17.6 Å². The zero-order valence-corrected chi connectivity index (χ0v) is 16.4. The number of hydrogen-bond acceptors (Lipinski definition) is 4. The summed E-state index contributed by atoms with van der Waals surface area (Å²) in [6.45, 7) is -0.468. The quantitative estimate of drug-likeness (QED) is 0.634. The zero-order chi connectivity index (χ0) is 20.9. The van der Waals surface area contributed by atoms with Gasteiger partial charge in [0.2, 0.25) is 15.9 Å². The smallest absolute Gasteiger partial charge is 0.245 e. The summed E-state index contributed by atoms with van der Waals surface area (Å²) in [5, 5.41) is 2.67. The molecule has 0 heterocycles. The standard InChI is InChI=1S/C21H19FN2O4S/c1-29(26,27)24(17-13-11-16(22)12-14-17)15-21(25)23-19-9-5-6-10-20(19)28-18-7-3-2-4-8-18/h2-14H,15H2,1H3,(H,23,25). The maximum atomic E-state index is 13.2. The van der Waals surface area contributed by atoms with Crippen molar-refractivity contribution in [1.82, 2.24) is 0 Å². The first-order chi connectivity index (χ1) is 13.8. The second-order valence-corrected chi connectivity index (χ2v) is 8.11. The van der Waals surface area contributed by atoms with Gasteiger partial charge in [-0.15, -0.1) is 0 Å². The molecule has 3 aromatic carbocycles. The van der Waals surface area contributed by atoms with Crippen LogP contribution in [0.3, 0.4) is 0 Å². The number of carbonyl (C=O) groups excluding carboxylic acids is 1. The SMILES string of the molecule is CS(=O)(=O)N(CC(=O)Nc1ccccc1Oc1ccccc1)c1ccc(F)cc1. The van der Waals surface area contributed by atoms with Crippen LogP contribution in [0.4, 0.5) is 15.8 Å². The molecule has 0 saturated carbocycles. The number of halogens is 1. The molecule has 0 fully saturated rings. The van der Waals surface area contributed by atoms with Gasteiger partial charge >= 0.3 is 0 Å². The molecule has 0 saturated heterocycles. The van der Waals surface area contributed by atoms with Crippen LogP contribution in [0.15, 0.2) is 78.9 Å². The van der Waals surface area contributed by atoms with E-state index >= 15 is 0 Å². The number of amides is 1. The van der Waals surface area contributed by atoms with Crippen molar-refractivity contribution in [2.45, 2.75) is 0 Å². The van der Waals surface area contributed by atoms with E-state index in [2.05, 4.69) is 5.32 Å². The van der Waals surface area contributed by atoms with Crippen molar-refractivity contribution >= 4 is 27.3 Å². The van der Waals surface area contributed by atoms with Gasteiger partial charge in [-0.2, -0.15) is 0 Å². The third-order valence-corrected chi connectivity index (χ3v) is 5.07. The molecule has 0 aliphatic carbocycles. The predicted octanol–water partition coefficient (Wildman–Crippen LogP) is 4.02. The molecule has 0 aromatic heterocycles. The van der Waals surface area contributed by atoms with Crippen molar-refractivity contribution in [1.29, 1.82) is 0 Å². The predicted molar refractivity (Wildman–Crippen MR) is 110 cm³/mol. The summed E-state index contributed by atoms with van der Waals surface area (Å²) in [5.74, 6) is -0.0551. The summed E-state index contributed by atoms with van der Waals surface area (Å²) in [5.41, 5.74) is 0.590. The summed E-state index contributed by atoms with van der Waals surface area (Å²) in [7, 11) is -3.76. The largest absolute Gasteiger partial charge is 0.455 e. The number of para-hydroxylation sites is 3. The molecule has 0 atom stereocenters. The van der Waals surface area contributed by atoms with Crippen LogP contribution in [-0.2, 0) is 14.8 Å². The topological polar surface area (TPSA) is 75.7 Å². The maximum Gasteiger partial charge on any atom is 0.245 e. The van der Waals surface area contributed by atoms with Gasteiger partial charge in [0.15, 0.2) is 5.75 Å². The van der Waals surface area contributed by atoms with Gasteiger partial charge in [-0.05, 0) is 48.5 Å². The number of ether oxygens (including phenoxy) is 1. The Bertz CT molecular complexity index is 1090. The second-order valence-electron chi connectivity index (χ2n) is 6.21. The highest BCUT2D eigenvalue weighted by Gasteiger charge is 2.21. The highest BCUT2D eigenvalue weighted by molar-refractivity contribution is 7.92. The first-order valence-corrected chi connectivity index (χ1v) is 10.5. The average Bonchev–Trinajstić information content (AvgIpc) is 2.68. The lowest BCUT2D eigenvalue weighted by Crippen LogP contribution is -2.37. The van der Waals surface area contributed by atoms with Crippen LogP contribution in [0, 0.1) is 5.82 Å².